The minimum absolute atomic E-state index is 0.396. The van der Waals surface area contributed by atoms with Crippen LogP contribution in [0.25, 0.3) is 22.3 Å². The fraction of sp³-hybridized carbons (Fsp3) is 0. The van der Waals surface area contributed by atoms with E-state index in [2.05, 4.69) is 54.6 Å². The Morgan fingerprint density at radius 1 is 0.550 bits per heavy atom. The van der Waals surface area contributed by atoms with Crippen molar-refractivity contribution in [1.82, 2.24) is 0 Å². The maximum Gasteiger partial charge on any atom is 0.254 e. The van der Waals surface area contributed by atoms with Crippen LogP contribution in [0, 0.1) is 0 Å². The van der Waals surface area contributed by atoms with Crippen molar-refractivity contribution < 1.29 is 4.74 Å². The summed E-state index contributed by atoms with van der Waals surface area (Å²) in [4.78, 5) is 0. The van der Waals surface area contributed by atoms with E-state index in [9.17, 15) is 0 Å². The van der Waals surface area contributed by atoms with Crippen molar-refractivity contribution in [2.75, 3.05) is 0 Å². The van der Waals surface area contributed by atoms with Crippen LogP contribution in [0.1, 0.15) is 0 Å². The first kappa shape index (κ1) is 9.43. The highest BCUT2D eigenvalue weighted by molar-refractivity contribution is 7.03. The van der Waals surface area contributed by atoms with Gasteiger partial charge in [-0.1, -0.05) is 47.9 Å². The second-order valence-corrected chi connectivity index (χ2v) is 5.74. The summed E-state index contributed by atoms with van der Waals surface area (Å²) in [6, 6.07) is 19.5. The van der Waals surface area contributed by atoms with E-state index >= 15 is 0 Å². The molecule has 0 fully saturated rings. The molecule has 1 nitrogen and oxygen atoms in total. The van der Waals surface area contributed by atoms with Gasteiger partial charge in [0, 0.05) is 0 Å². The predicted octanol–water partition coefficient (Wildman–Crippen LogP) is 2.27. The molecule has 90 valence electrons. The highest BCUT2D eigenvalue weighted by Gasteiger charge is 2.47. The molecule has 0 N–H and O–H groups in total. The SMILES string of the molecule is c1cc2c3c(c1)-c1cccc4c1B3c1c(cccc1-4)O2. The van der Waals surface area contributed by atoms with Gasteiger partial charge in [0.25, 0.3) is 6.71 Å². The number of fused-ring (bicyclic) bond motifs is 2. The normalized spacial score (nSPS) is 14.3. The summed E-state index contributed by atoms with van der Waals surface area (Å²) in [7, 11) is 0. The first-order valence-electron chi connectivity index (χ1n) is 7.01. The summed E-state index contributed by atoms with van der Waals surface area (Å²) in [5, 5.41) is 0. The van der Waals surface area contributed by atoms with Crippen LogP contribution in [0.2, 0.25) is 0 Å². The molecule has 0 amide bonds. The molecule has 0 aliphatic carbocycles. The largest absolute Gasteiger partial charge is 0.458 e. The lowest BCUT2D eigenvalue weighted by Crippen LogP contribution is -2.49. The minimum atomic E-state index is 0.396. The van der Waals surface area contributed by atoms with Crippen LogP contribution >= 0.6 is 0 Å². The number of hydrogen-bond acceptors (Lipinski definition) is 1. The smallest absolute Gasteiger partial charge is 0.254 e. The van der Waals surface area contributed by atoms with Gasteiger partial charge in [-0.2, -0.15) is 0 Å². The lowest BCUT2D eigenvalue weighted by Gasteiger charge is -2.22. The predicted molar refractivity (Wildman–Crippen MR) is 82.0 cm³/mol. The number of ether oxygens (including phenoxy) is 1. The Kier molecular flexibility index (Phi) is 1.33. The van der Waals surface area contributed by atoms with Crippen LogP contribution < -0.4 is 21.1 Å². The van der Waals surface area contributed by atoms with Crippen molar-refractivity contribution in [3.8, 4) is 33.8 Å². The third-order valence-corrected chi connectivity index (χ3v) is 4.90. The molecule has 0 unspecified atom stereocenters. The van der Waals surface area contributed by atoms with Gasteiger partial charge in [0.05, 0.1) is 0 Å². The summed E-state index contributed by atoms with van der Waals surface area (Å²) in [6.07, 6.45) is 0. The van der Waals surface area contributed by atoms with Gasteiger partial charge in [0.1, 0.15) is 11.5 Å². The molecule has 0 atom stereocenters. The molecule has 20 heavy (non-hydrogen) atoms. The molecule has 0 radical (unpaired) electrons. The van der Waals surface area contributed by atoms with Crippen molar-refractivity contribution in [3.63, 3.8) is 0 Å². The average molecular weight is 252 g/mol. The molecule has 0 aromatic heterocycles. The van der Waals surface area contributed by atoms with E-state index in [0.29, 0.717) is 6.71 Å². The number of rotatable bonds is 0. The third-order valence-electron chi connectivity index (χ3n) is 4.90. The molecular formula is C18H9BO. The van der Waals surface area contributed by atoms with Crippen LogP contribution in [-0.4, -0.2) is 6.71 Å². The lowest BCUT2D eigenvalue weighted by molar-refractivity contribution is 0.488. The molecular weight excluding hydrogens is 243 g/mol. The maximum atomic E-state index is 6.16. The quantitative estimate of drug-likeness (QED) is 0.377. The summed E-state index contributed by atoms with van der Waals surface area (Å²) >= 11 is 0. The Morgan fingerprint density at radius 3 is 1.55 bits per heavy atom. The van der Waals surface area contributed by atoms with Gasteiger partial charge in [0.2, 0.25) is 0 Å². The van der Waals surface area contributed by atoms with E-state index in [0.717, 1.165) is 11.5 Å². The number of hydrogen-bond donors (Lipinski definition) is 0. The van der Waals surface area contributed by atoms with E-state index < -0.39 is 0 Å². The zero-order valence-corrected chi connectivity index (χ0v) is 10.7. The van der Waals surface area contributed by atoms with E-state index in [1.807, 2.05) is 0 Å². The highest BCUT2D eigenvalue weighted by Crippen LogP contribution is 2.41. The summed E-state index contributed by atoms with van der Waals surface area (Å²) in [5.41, 5.74) is 9.70. The summed E-state index contributed by atoms with van der Waals surface area (Å²) in [5.74, 6) is 2.06. The molecule has 0 saturated heterocycles. The van der Waals surface area contributed by atoms with Gasteiger partial charge in [-0.3, -0.25) is 0 Å². The first-order chi connectivity index (χ1) is 9.93. The third kappa shape index (κ3) is 0.812. The summed E-state index contributed by atoms with van der Waals surface area (Å²) < 4.78 is 6.16. The van der Waals surface area contributed by atoms with Gasteiger partial charge in [-0.05, 0) is 45.3 Å². The highest BCUT2D eigenvalue weighted by atomic mass is 16.5. The topological polar surface area (TPSA) is 9.23 Å². The zero-order chi connectivity index (χ0) is 12.8. The van der Waals surface area contributed by atoms with Gasteiger partial charge >= 0.3 is 0 Å². The average Bonchev–Trinajstić information content (AvgIpc) is 3.01. The zero-order valence-electron chi connectivity index (χ0n) is 10.7. The van der Waals surface area contributed by atoms with E-state index in [-0.39, 0.29) is 0 Å². The molecule has 0 saturated carbocycles. The Morgan fingerprint density at radius 2 is 1.00 bits per heavy atom. The van der Waals surface area contributed by atoms with E-state index in [1.165, 1.54) is 38.6 Å². The Bertz CT molecular complexity index is 870. The summed E-state index contributed by atoms with van der Waals surface area (Å²) in [6.45, 7) is 0.396. The van der Waals surface area contributed by atoms with Crippen molar-refractivity contribution in [2.24, 2.45) is 0 Å². The van der Waals surface area contributed by atoms with Crippen molar-refractivity contribution >= 4 is 23.1 Å². The van der Waals surface area contributed by atoms with Crippen LogP contribution in [0.5, 0.6) is 11.5 Å². The second kappa shape index (κ2) is 2.83. The van der Waals surface area contributed by atoms with Crippen LogP contribution in [0.3, 0.4) is 0 Å². The molecule has 3 aromatic carbocycles. The van der Waals surface area contributed by atoms with Gasteiger partial charge < -0.3 is 4.74 Å². The maximum absolute atomic E-state index is 6.16. The Balaban J connectivity index is 1.92. The molecule has 0 spiro atoms. The lowest BCUT2D eigenvalue weighted by atomic mass is 9.40. The van der Waals surface area contributed by atoms with Crippen LogP contribution in [0.4, 0.5) is 0 Å². The van der Waals surface area contributed by atoms with Crippen molar-refractivity contribution in [1.29, 1.82) is 0 Å². The van der Waals surface area contributed by atoms with Gasteiger partial charge in [-0.25, -0.2) is 0 Å². The Labute approximate surface area is 116 Å². The molecule has 3 aromatic rings. The standard InChI is InChI=1S/C18H9BO/c1-4-10-12-6-2-8-14-17(12)19-16(10)11(5-1)13-7-3-9-15(20-14)18(13)19/h1-9H. The molecule has 6 rings (SSSR count). The van der Waals surface area contributed by atoms with Crippen molar-refractivity contribution in [2.45, 2.75) is 0 Å². The fourth-order valence-corrected chi connectivity index (χ4v) is 4.23. The van der Waals surface area contributed by atoms with E-state index in [4.69, 9.17) is 4.74 Å². The Hall–Kier alpha value is -2.48. The molecule has 0 bridgehead atoms. The van der Waals surface area contributed by atoms with Crippen molar-refractivity contribution in [3.05, 3.63) is 54.6 Å². The number of benzene rings is 3. The van der Waals surface area contributed by atoms with Gasteiger partial charge in [0.15, 0.2) is 0 Å². The molecule has 2 heteroatoms. The molecule has 3 heterocycles. The molecule has 3 aliphatic heterocycles. The first-order valence-corrected chi connectivity index (χ1v) is 7.01. The fourth-order valence-electron chi connectivity index (χ4n) is 4.23. The van der Waals surface area contributed by atoms with E-state index in [1.54, 1.807) is 0 Å². The van der Waals surface area contributed by atoms with Crippen LogP contribution in [-0.2, 0) is 0 Å². The molecule has 3 aliphatic rings. The van der Waals surface area contributed by atoms with Gasteiger partial charge in [-0.15, -0.1) is 0 Å². The second-order valence-electron chi connectivity index (χ2n) is 5.74. The monoisotopic (exact) mass is 252 g/mol. The minimum Gasteiger partial charge on any atom is -0.458 e. The van der Waals surface area contributed by atoms with Crippen LogP contribution in [0.15, 0.2) is 54.6 Å².